The third-order valence-electron chi connectivity index (χ3n) is 11.3. The highest BCUT2D eigenvalue weighted by molar-refractivity contribution is 5.99. The Kier molecular flexibility index (Phi) is 28.1. The molecular formula is C49H70N12O17. The molecule has 0 bridgehead atoms. The van der Waals surface area contributed by atoms with Crippen LogP contribution in [0.25, 0.3) is 0 Å². The molecule has 0 aliphatic heterocycles. The summed E-state index contributed by atoms with van der Waals surface area (Å²) in [6.45, 7) is 1.99. The van der Waals surface area contributed by atoms with Crippen LogP contribution in [0.1, 0.15) is 70.4 Å². The van der Waals surface area contributed by atoms with Crippen LogP contribution in [-0.2, 0) is 75.2 Å². The number of primary amides is 2. The van der Waals surface area contributed by atoms with E-state index in [1.807, 2.05) is 5.32 Å². The molecule has 0 aliphatic carbocycles. The van der Waals surface area contributed by atoms with Crippen molar-refractivity contribution in [2.75, 3.05) is 19.8 Å². The molecular weight excluding hydrogens is 1030 g/mol. The summed E-state index contributed by atoms with van der Waals surface area (Å²) < 4.78 is 0. The minimum Gasteiger partial charge on any atom is -0.481 e. The summed E-state index contributed by atoms with van der Waals surface area (Å²) in [6, 6.07) is 1.72. The standard InChI is InChI=1S/C49H70N12O17/c1-25(2)18-31(57-42(70)29(14-16-37(51)64)55-45(73)32(19-27-10-6-4-7-11-27)54-39(66)22-53-41(69)26(3)50)44(72)59-34(21-38(52)65)47(75)56-30(15-17-40(67)68)43(71)58-33(20-28-12-8-5-9-13-28)46(74)60-35(23-62)48(76)61-36(24-63)49(77)78/h4-13,25-26,29-36,62-63H,14-24,50H2,1-3H3,(H2,51,64)(H2,52,65)(H,53,69)(H,54,66)(H,55,73)(H,56,75)(H,57,70)(H,58,71)(H,59,72)(H,60,74)(H,61,76)(H,67,68)(H,77,78)/t26-,29-,30-,31-,32-,33-,34-,35-,36-/m0/s1. The molecule has 11 amide bonds. The number of nitrogens with one attached hydrogen (secondary N) is 9. The predicted octanol–water partition coefficient (Wildman–Crippen LogP) is -6.07. The van der Waals surface area contributed by atoms with E-state index in [2.05, 4.69) is 42.5 Å². The molecule has 428 valence electrons. The zero-order chi connectivity index (χ0) is 58.6. The lowest BCUT2D eigenvalue weighted by atomic mass is 10.0. The maximum Gasteiger partial charge on any atom is 0.328 e. The number of hydrogen-bond acceptors (Lipinski definition) is 16. The minimum atomic E-state index is -1.92. The van der Waals surface area contributed by atoms with Crippen LogP contribution in [0.2, 0.25) is 0 Å². The number of rotatable bonds is 35. The van der Waals surface area contributed by atoms with Gasteiger partial charge >= 0.3 is 11.9 Å². The number of carbonyl (C=O) groups excluding carboxylic acids is 11. The Morgan fingerprint density at radius 1 is 0.462 bits per heavy atom. The van der Waals surface area contributed by atoms with Gasteiger partial charge in [-0.1, -0.05) is 74.5 Å². The summed E-state index contributed by atoms with van der Waals surface area (Å²) in [7, 11) is 0. The number of aliphatic hydroxyl groups is 2. The van der Waals surface area contributed by atoms with Crippen LogP contribution in [-0.4, -0.2) is 171 Å². The van der Waals surface area contributed by atoms with Gasteiger partial charge in [0.25, 0.3) is 0 Å². The SMILES string of the molecule is CC(C)C[C@H](NC(=O)[C@H](CCC(N)=O)NC(=O)[C@H](Cc1ccccc1)NC(=O)CNC(=O)[C@H](C)N)C(=O)N[C@@H](CC(N)=O)C(=O)N[C@@H](CCC(=O)O)C(=O)N[C@@H](Cc1ccccc1)C(=O)N[C@@H](CO)C(=O)N[C@@H](CO)C(=O)O. The lowest BCUT2D eigenvalue weighted by Gasteiger charge is -2.28. The first kappa shape index (κ1) is 65.5. The molecule has 0 spiro atoms. The van der Waals surface area contributed by atoms with Crippen LogP contribution in [0.4, 0.5) is 0 Å². The summed E-state index contributed by atoms with van der Waals surface area (Å²) in [5.74, 6) is -14.9. The highest BCUT2D eigenvalue weighted by Gasteiger charge is 2.36. The summed E-state index contributed by atoms with van der Waals surface area (Å²) >= 11 is 0. The fourth-order valence-electron chi connectivity index (χ4n) is 7.18. The van der Waals surface area contributed by atoms with Gasteiger partial charge in [0.2, 0.25) is 65.0 Å². The van der Waals surface area contributed by atoms with Crippen LogP contribution >= 0.6 is 0 Å². The third kappa shape index (κ3) is 24.4. The molecule has 9 atom stereocenters. The van der Waals surface area contributed by atoms with E-state index in [1.54, 1.807) is 74.5 Å². The van der Waals surface area contributed by atoms with Crippen LogP contribution in [0.3, 0.4) is 0 Å². The first-order chi connectivity index (χ1) is 36.7. The predicted molar refractivity (Wildman–Crippen MR) is 273 cm³/mol. The van der Waals surface area contributed by atoms with Gasteiger partial charge in [0, 0.05) is 25.7 Å². The first-order valence-electron chi connectivity index (χ1n) is 24.5. The van der Waals surface area contributed by atoms with Gasteiger partial charge in [-0.05, 0) is 43.2 Å². The van der Waals surface area contributed by atoms with Crippen LogP contribution in [0.15, 0.2) is 60.7 Å². The molecule has 29 heteroatoms. The summed E-state index contributed by atoms with van der Waals surface area (Å²) in [6.07, 6.45) is -3.85. The van der Waals surface area contributed by atoms with Gasteiger partial charge in [-0.3, -0.25) is 57.5 Å². The molecule has 0 unspecified atom stereocenters. The van der Waals surface area contributed by atoms with Gasteiger partial charge in [0.05, 0.1) is 32.2 Å². The van der Waals surface area contributed by atoms with E-state index in [9.17, 15) is 82.8 Å². The lowest BCUT2D eigenvalue weighted by Crippen LogP contribution is -2.61. The Morgan fingerprint density at radius 2 is 0.846 bits per heavy atom. The van der Waals surface area contributed by atoms with Gasteiger partial charge in [0.1, 0.15) is 48.3 Å². The van der Waals surface area contributed by atoms with E-state index in [-0.39, 0.29) is 25.2 Å². The largest absolute Gasteiger partial charge is 0.481 e. The maximum atomic E-state index is 14.1. The van der Waals surface area contributed by atoms with Crippen molar-refractivity contribution in [3.8, 4) is 0 Å². The first-order valence-corrected chi connectivity index (χ1v) is 24.5. The van der Waals surface area contributed by atoms with Crippen molar-refractivity contribution in [3.63, 3.8) is 0 Å². The number of aliphatic hydroxyl groups excluding tert-OH is 2. The molecule has 0 saturated carbocycles. The summed E-state index contributed by atoms with van der Waals surface area (Å²) in [4.78, 5) is 169. The van der Waals surface area contributed by atoms with Crippen molar-refractivity contribution >= 4 is 76.9 Å². The minimum absolute atomic E-state index is 0.121. The van der Waals surface area contributed by atoms with Gasteiger partial charge in [-0.25, -0.2) is 4.79 Å². The van der Waals surface area contributed by atoms with Crippen molar-refractivity contribution in [3.05, 3.63) is 71.8 Å². The van der Waals surface area contributed by atoms with Gasteiger partial charge < -0.3 is 85.5 Å². The average molecular weight is 1100 g/mol. The third-order valence-corrected chi connectivity index (χ3v) is 11.3. The van der Waals surface area contributed by atoms with E-state index in [0.717, 1.165) is 0 Å². The van der Waals surface area contributed by atoms with Crippen molar-refractivity contribution in [1.82, 2.24) is 47.9 Å². The topological polar surface area (TPSA) is 489 Å². The Morgan fingerprint density at radius 3 is 1.28 bits per heavy atom. The number of aliphatic carboxylic acids is 2. The highest BCUT2D eigenvalue weighted by atomic mass is 16.4. The molecule has 2 rings (SSSR count). The molecule has 78 heavy (non-hydrogen) atoms. The smallest absolute Gasteiger partial charge is 0.328 e. The molecule has 29 nitrogen and oxygen atoms in total. The molecule has 19 N–H and O–H groups in total. The number of carboxylic acids is 2. The number of nitrogens with two attached hydrogens (primary N) is 3. The zero-order valence-corrected chi connectivity index (χ0v) is 43.2. The van der Waals surface area contributed by atoms with Gasteiger partial charge in [-0.15, -0.1) is 0 Å². The van der Waals surface area contributed by atoms with Gasteiger partial charge in [0.15, 0.2) is 0 Å². The fraction of sp³-hybridized carbons (Fsp3) is 0.490. The zero-order valence-electron chi connectivity index (χ0n) is 43.2. The average Bonchev–Trinajstić information content (AvgIpc) is 3.37. The Hall–Kier alpha value is -8.57. The maximum absolute atomic E-state index is 14.1. The van der Waals surface area contributed by atoms with E-state index >= 15 is 0 Å². The number of benzene rings is 2. The van der Waals surface area contributed by atoms with Crippen LogP contribution in [0, 0.1) is 5.92 Å². The summed E-state index contributed by atoms with van der Waals surface area (Å²) in [5.41, 5.74) is 17.4. The molecule has 0 radical (unpaired) electrons. The normalized spacial score (nSPS) is 14.3. The Balaban J connectivity index is 2.46. The molecule has 0 heterocycles. The molecule has 2 aromatic rings. The van der Waals surface area contributed by atoms with E-state index in [4.69, 9.17) is 17.2 Å². The molecule has 2 aromatic carbocycles. The monoisotopic (exact) mass is 1100 g/mol. The lowest BCUT2D eigenvalue weighted by molar-refractivity contribution is -0.143. The van der Waals surface area contributed by atoms with Crippen LogP contribution < -0.4 is 65.1 Å². The van der Waals surface area contributed by atoms with Crippen molar-refractivity contribution in [2.45, 2.75) is 127 Å². The quantitative estimate of drug-likeness (QED) is 0.0305. The molecule has 0 aliphatic rings. The second kappa shape index (κ2) is 33.5. The van der Waals surface area contributed by atoms with E-state index in [1.165, 1.54) is 6.92 Å². The highest BCUT2D eigenvalue weighted by Crippen LogP contribution is 2.12. The number of carbonyl (C=O) groups is 13. The van der Waals surface area contributed by atoms with E-state index < -0.39 is 183 Å². The van der Waals surface area contributed by atoms with Crippen molar-refractivity contribution in [2.24, 2.45) is 23.1 Å². The van der Waals surface area contributed by atoms with Crippen molar-refractivity contribution in [1.29, 1.82) is 0 Å². The number of carboxylic acid groups (broad SMARTS) is 2. The molecule has 0 saturated heterocycles. The number of amides is 11. The second-order valence-electron chi connectivity index (χ2n) is 18.4. The Bertz CT molecular complexity index is 2430. The van der Waals surface area contributed by atoms with E-state index in [0.29, 0.717) is 11.1 Å². The molecule has 0 fully saturated rings. The van der Waals surface area contributed by atoms with Crippen LogP contribution in [0.5, 0.6) is 0 Å². The van der Waals surface area contributed by atoms with Gasteiger partial charge in [-0.2, -0.15) is 0 Å². The number of hydrogen-bond donors (Lipinski definition) is 16. The molecule has 0 aromatic heterocycles. The summed E-state index contributed by atoms with van der Waals surface area (Å²) in [5, 5.41) is 58.9. The Labute approximate surface area is 447 Å². The second-order valence-corrected chi connectivity index (χ2v) is 18.4. The fourth-order valence-corrected chi connectivity index (χ4v) is 7.18. The van der Waals surface area contributed by atoms with Crippen molar-refractivity contribution < 1.29 is 82.8 Å².